The van der Waals surface area contributed by atoms with E-state index in [0.29, 0.717) is 6.61 Å². The van der Waals surface area contributed by atoms with E-state index in [-0.39, 0.29) is 22.8 Å². The highest BCUT2D eigenvalue weighted by Crippen LogP contribution is 2.40. The molecule has 21 heavy (non-hydrogen) atoms. The average Bonchev–Trinajstić information content (AvgIpc) is 2.47. The van der Waals surface area contributed by atoms with Gasteiger partial charge in [0.1, 0.15) is 9.84 Å². The van der Waals surface area contributed by atoms with Crippen molar-refractivity contribution in [3.05, 3.63) is 0 Å². The van der Waals surface area contributed by atoms with E-state index in [0.717, 1.165) is 38.5 Å². The maximum atomic E-state index is 11.9. The molecule has 0 heterocycles. The molecule has 2 aliphatic carbocycles. The van der Waals surface area contributed by atoms with Gasteiger partial charge in [0.25, 0.3) is 0 Å². The first-order chi connectivity index (χ1) is 9.89. The fraction of sp³-hybridized carbons (Fsp3) is 1.00. The van der Waals surface area contributed by atoms with Crippen molar-refractivity contribution in [1.29, 1.82) is 0 Å². The van der Waals surface area contributed by atoms with Gasteiger partial charge in [-0.3, -0.25) is 0 Å². The summed E-state index contributed by atoms with van der Waals surface area (Å²) in [5.74, 6) is 0.281. The van der Waals surface area contributed by atoms with E-state index in [1.807, 2.05) is 6.92 Å². The van der Waals surface area contributed by atoms with Gasteiger partial charge in [-0.2, -0.15) is 0 Å². The summed E-state index contributed by atoms with van der Waals surface area (Å²) < 4.78 is 29.9. The summed E-state index contributed by atoms with van der Waals surface area (Å²) >= 11 is 0. The van der Waals surface area contributed by atoms with Gasteiger partial charge in [-0.25, -0.2) is 8.42 Å². The van der Waals surface area contributed by atoms with Crippen LogP contribution in [0, 0.1) is 5.92 Å². The Morgan fingerprint density at radius 1 is 1.19 bits per heavy atom. The second kappa shape index (κ2) is 6.97. The van der Waals surface area contributed by atoms with Crippen LogP contribution in [0.1, 0.15) is 64.7 Å². The standard InChI is InChI=1S/C16H31NO3S/c1-3-20-16(10-5-4-6-11-16)15(17)13-8-7-9-14(12-13)21(2,18)19/h13-15H,3-12,17H2,1-2H3. The second-order valence-electron chi connectivity index (χ2n) is 6.96. The van der Waals surface area contributed by atoms with Gasteiger partial charge in [-0.15, -0.1) is 0 Å². The predicted octanol–water partition coefficient (Wildman–Crippen LogP) is 2.66. The highest BCUT2D eigenvalue weighted by Gasteiger charge is 2.44. The van der Waals surface area contributed by atoms with Gasteiger partial charge in [-0.1, -0.05) is 25.7 Å². The van der Waals surface area contributed by atoms with Gasteiger partial charge in [0.2, 0.25) is 0 Å². The van der Waals surface area contributed by atoms with Gasteiger partial charge in [0.05, 0.1) is 10.9 Å². The number of hydrogen-bond acceptors (Lipinski definition) is 4. The third-order valence-corrected chi connectivity index (χ3v) is 7.16. The van der Waals surface area contributed by atoms with E-state index in [4.69, 9.17) is 10.5 Å². The lowest BCUT2D eigenvalue weighted by atomic mass is 9.71. The molecule has 0 spiro atoms. The normalized spacial score (nSPS) is 31.8. The Kier molecular flexibility index (Phi) is 5.71. The van der Waals surface area contributed by atoms with Crippen LogP contribution in [0.3, 0.4) is 0 Å². The molecule has 3 unspecified atom stereocenters. The first kappa shape index (κ1) is 17.2. The van der Waals surface area contributed by atoms with Crippen LogP contribution in [-0.2, 0) is 14.6 Å². The Labute approximate surface area is 129 Å². The van der Waals surface area contributed by atoms with Crippen LogP contribution in [0.15, 0.2) is 0 Å². The van der Waals surface area contributed by atoms with E-state index in [9.17, 15) is 8.42 Å². The molecule has 2 saturated carbocycles. The molecule has 4 nitrogen and oxygen atoms in total. The van der Waals surface area contributed by atoms with Crippen LogP contribution in [0.2, 0.25) is 0 Å². The average molecular weight is 317 g/mol. The number of nitrogens with two attached hydrogens (primary N) is 1. The largest absolute Gasteiger partial charge is 0.374 e. The minimum atomic E-state index is -2.95. The fourth-order valence-electron chi connectivity index (χ4n) is 4.34. The van der Waals surface area contributed by atoms with Crippen molar-refractivity contribution in [2.45, 2.75) is 81.6 Å². The van der Waals surface area contributed by atoms with Crippen LogP contribution in [0.5, 0.6) is 0 Å². The molecule has 0 aromatic heterocycles. The zero-order valence-corrected chi connectivity index (χ0v) is 14.3. The summed E-state index contributed by atoms with van der Waals surface area (Å²) in [4.78, 5) is 0. The van der Waals surface area contributed by atoms with Crippen molar-refractivity contribution in [1.82, 2.24) is 0 Å². The highest BCUT2D eigenvalue weighted by atomic mass is 32.2. The Bertz CT molecular complexity index is 423. The second-order valence-corrected chi connectivity index (χ2v) is 9.29. The first-order valence-corrected chi connectivity index (χ1v) is 10.4. The minimum absolute atomic E-state index is 0.0256. The smallest absolute Gasteiger partial charge is 0.150 e. The van der Waals surface area contributed by atoms with E-state index >= 15 is 0 Å². The lowest BCUT2D eigenvalue weighted by Gasteiger charge is -2.46. The summed E-state index contributed by atoms with van der Waals surface area (Å²) in [7, 11) is -2.95. The maximum Gasteiger partial charge on any atom is 0.150 e. The van der Waals surface area contributed by atoms with Crippen LogP contribution in [0.4, 0.5) is 0 Å². The summed E-state index contributed by atoms with van der Waals surface area (Å²) in [6.07, 6.45) is 10.6. The van der Waals surface area contributed by atoms with Crippen molar-refractivity contribution in [3.63, 3.8) is 0 Å². The Morgan fingerprint density at radius 2 is 1.86 bits per heavy atom. The van der Waals surface area contributed by atoms with Crippen molar-refractivity contribution in [2.75, 3.05) is 12.9 Å². The molecule has 0 saturated heterocycles. The van der Waals surface area contributed by atoms with Crippen LogP contribution >= 0.6 is 0 Å². The lowest BCUT2D eigenvalue weighted by Crippen LogP contribution is -2.56. The molecule has 0 radical (unpaired) electrons. The molecular formula is C16H31NO3S. The van der Waals surface area contributed by atoms with Gasteiger partial charge in [-0.05, 0) is 44.9 Å². The molecule has 2 N–H and O–H groups in total. The molecule has 0 amide bonds. The molecule has 0 aliphatic heterocycles. The Balaban J connectivity index is 2.11. The zero-order valence-electron chi connectivity index (χ0n) is 13.5. The summed E-state index contributed by atoms with van der Waals surface area (Å²) in [6, 6.07) is -0.0256. The third kappa shape index (κ3) is 3.99. The molecule has 0 bridgehead atoms. The van der Waals surface area contributed by atoms with E-state index < -0.39 is 9.84 Å². The van der Waals surface area contributed by atoms with Gasteiger partial charge < -0.3 is 10.5 Å². The Morgan fingerprint density at radius 3 is 2.43 bits per heavy atom. The summed E-state index contributed by atoms with van der Waals surface area (Å²) in [5.41, 5.74) is 6.42. The highest BCUT2D eigenvalue weighted by molar-refractivity contribution is 7.91. The third-order valence-electron chi connectivity index (χ3n) is 5.52. The quantitative estimate of drug-likeness (QED) is 0.846. The first-order valence-electron chi connectivity index (χ1n) is 8.47. The molecular weight excluding hydrogens is 286 g/mol. The van der Waals surface area contributed by atoms with Crippen molar-refractivity contribution >= 4 is 9.84 Å². The van der Waals surface area contributed by atoms with Crippen LogP contribution < -0.4 is 5.73 Å². The van der Waals surface area contributed by atoms with Crippen LogP contribution in [0.25, 0.3) is 0 Å². The van der Waals surface area contributed by atoms with Crippen molar-refractivity contribution < 1.29 is 13.2 Å². The molecule has 2 rings (SSSR count). The van der Waals surface area contributed by atoms with Gasteiger partial charge in [0, 0.05) is 18.9 Å². The van der Waals surface area contributed by atoms with Crippen molar-refractivity contribution in [2.24, 2.45) is 11.7 Å². The van der Waals surface area contributed by atoms with Gasteiger partial charge >= 0.3 is 0 Å². The van der Waals surface area contributed by atoms with E-state index in [1.54, 1.807) is 0 Å². The molecule has 0 aromatic rings. The molecule has 0 aromatic carbocycles. The van der Waals surface area contributed by atoms with E-state index in [1.165, 1.54) is 25.5 Å². The molecule has 2 aliphatic rings. The predicted molar refractivity (Wildman–Crippen MR) is 86.0 cm³/mol. The topological polar surface area (TPSA) is 69.4 Å². The van der Waals surface area contributed by atoms with Gasteiger partial charge in [0.15, 0.2) is 0 Å². The molecule has 124 valence electrons. The summed E-state index contributed by atoms with van der Waals surface area (Å²) in [5, 5.41) is -0.204. The number of ether oxygens (including phenoxy) is 1. The van der Waals surface area contributed by atoms with E-state index in [2.05, 4.69) is 0 Å². The summed E-state index contributed by atoms with van der Waals surface area (Å²) in [6.45, 7) is 2.72. The SMILES string of the molecule is CCOC1(C(N)C2CCCC(S(C)(=O)=O)C2)CCCCC1. The number of hydrogen-bond donors (Lipinski definition) is 1. The monoisotopic (exact) mass is 317 g/mol. The minimum Gasteiger partial charge on any atom is -0.374 e. The number of sulfone groups is 1. The number of rotatable bonds is 5. The van der Waals surface area contributed by atoms with Crippen molar-refractivity contribution in [3.8, 4) is 0 Å². The maximum absolute atomic E-state index is 11.9. The molecule has 3 atom stereocenters. The zero-order chi connectivity index (χ0) is 15.5. The molecule has 2 fully saturated rings. The lowest BCUT2D eigenvalue weighted by molar-refractivity contribution is -0.0960. The fourth-order valence-corrected chi connectivity index (χ4v) is 5.53. The van der Waals surface area contributed by atoms with Crippen LogP contribution in [-0.4, -0.2) is 38.2 Å². The Hall–Kier alpha value is -0.130. The molecule has 5 heteroatoms.